The molecular weight excluding hydrogens is 250 g/mol. The highest BCUT2D eigenvalue weighted by Gasteiger charge is 2.57. The Morgan fingerprint density at radius 1 is 1.25 bits per heavy atom. The fourth-order valence-electron chi connectivity index (χ4n) is 4.41. The number of hydrogen-bond donors (Lipinski definition) is 1. The van der Waals surface area contributed by atoms with Crippen molar-refractivity contribution >= 4 is 11.7 Å². The standard InChI is InChI=1S/C16H23N3O/c1-19-14(11-6-5-7-13(11)18-19)17-15(20)12-10-16(12)8-3-2-4-9-16/h12H,2-10H2,1H3,(H,17,20). The average Bonchev–Trinajstić information content (AvgIpc) is 2.80. The van der Waals surface area contributed by atoms with Crippen molar-refractivity contribution in [1.29, 1.82) is 0 Å². The second-order valence-corrected chi connectivity index (χ2v) is 6.92. The summed E-state index contributed by atoms with van der Waals surface area (Å²) in [6.07, 6.45) is 10.9. The summed E-state index contributed by atoms with van der Waals surface area (Å²) in [6.45, 7) is 0. The summed E-state index contributed by atoms with van der Waals surface area (Å²) in [5.41, 5.74) is 2.83. The van der Waals surface area contributed by atoms with Crippen LogP contribution in [0.1, 0.15) is 56.2 Å². The van der Waals surface area contributed by atoms with Crippen LogP contribution in [-0.4, -0.2) is 15.7 Å². The van der Waals surface area contributed by atoms with Crippen LogP contribution < -0.4 is 5.32 Å². The van der Waals surface area contributed by atoms with Gasteiger partial charge in [-0.15, -0.1) is 0 Å². The van der Waals surface area contributed by atoms with E-state index >= 15 is 0 Å². The molecule has 0 aliphatic heterocycles. The van der Waals surface area contributed by atoms with Crippen molar-refractivity contribution in [3.63, 3.8) is 0 Å². The van der Waals surface area contributed by atoms with Crippen LogP contribution in [0.15, 0.2) is 0 Å². The average molecular weight is 273 g/mol. The molecule has 1 N–H and O–H groups in total. The van der Waals surface area contributed by atoms with Gasteiger partial charge in [0.2, 0.25) is 5.91 Å². The van der Waals surface area contributed by atoms with Crippen LogP contribution in [0.5, 0.6) is 0 Å². The van der Waals surface area contributed by atoms with E-state index in [0.29, 0.717) is 5.41 Å². The molecule has 3 aliphatic carbocycles. The molecule has 1 amide bonds. The molecular formula is C16H23N3O. The van der Waals surface area contributed by atoms with Gasteiger partial charge in [-0.1, -0.05) is 19.3 Å². The molecule has 108 valence electrons. The first-order chi connectivity index (χ1) is 9.70. The molecule has 2 saturated carbocycles. The monoisotopic (exact) mass is 273 g/mol. The van der Waals surface area contributed by atoms with Crippen molar-refractivity contribution in [3.8, 4) is 0 Å². The molecule has 0 bridgehead atoms. The maximum absolute atomic E-state index is 12.5. The van der Waals surface area contributed by atoms with Gasteiger partial charge >= 0.3 is 0 Å². The molecule has 4 nitrogen and oxygen atoms in total. The zero-order chi connectivity index (χ0) is 13.7. The lowest BCUT2D eigenvalue weighted by Crippen LogP contribution is -2.22. The van der Waals surface area contributed by atoms with Crippen LogP contribution in [0, 0.1) is 11.3 Å². The van der Waals surface area contributed by atoms with Crippen molar-refractivity contribution in [2.24, 2.45) is 18.4 Å². The van der Waals surface area contributed by atoms with Crippen LogP contribution in [0.2, 0.25) is 0 Å². The predicted octanol–water partition coefficient (Wildman–Crippen LogP) is 2.82. The van der Waals surface area contributed by atoms with Gasteiger partial charge in [-0.05, 0) is 43.9 Å². The molecule has 1 spiro atoms. The Morgan fingerprint density at radius 3 is 2.85 bits per heavy atom. The van der Waals surface area contributed by atoms with E-state index in [1.807, 2.05) is 11.7 Å². The number of nitrogens with one attached hydrogen (secondary N) is 1. The third kappa shape index (κ3) is 1.80. The molecule has 2 fully saturated rings. The van der Waals surface area contributed by atoms with Crippen molar-refractivity contribution < 1.29 is 4.79 Å². The van der Waals surface area contributed by atoms with Crippen molar-refractivity contribution in [2.45, 2.75) is 57.8 Å². The summed E-state index contributed by atoms with van der Waals surface area (Å²) in [5, 5.41) is 7.72. The molecule has 4 heteroatoms. The first kappa shape index (κ1) is 12.4. The molecule has 4 rings (SSSR count). The zero-order valence-corrected chi connectivity index (χ0v) is 12.2. The van der Waals surface area contributed by atoms with E-state index in [1.165, 1.54) is 49.8 Å². The van der Waals surface area contributed by atoms with Crippen LogP contribution in [0.25, 0.3) is 0 Å². The number of rotatable bonds is 2. The number of aromatic nitrogens is 2. The summed E-state index contributed by atoms with van der Waals surface area (Å²) in [5.74, 6) is 1.46. The van der Waals surface area contributed by atoms with E-state index < -0.39 is 0 Å². The molecule has 0 saturated heterocycles. The van der Waals surface area contributed by atoms with Gasteiger partial charge in [-0.3, -0.25) is 9.48 Å². The number of fused-ring (bicyclic) bond motifs is 1. The van der Waals surface area contributed by atoms with E-state index in [9.17, 15) is 4.79 Å². The summed E-state index contributed by atoms with van der Waals surface area (Å²) < 4.78 is 1.86. The third-order valence-electron chi connectivity index (χ3n) is 5.67. The number of nitrogens with zero attached hydrogens (tertiary/aromatic N) is 2. The molecule has 0 aromatic carbocycles. The lowest BCUT2D eigenvalue weighted by Gasteiger charge is -2.22. The number of hydrogen-bond acceptors (Lipinski definition) is 2. The second-order valence-electron chi connectivity index (χ2n) is 6.92. The first-order valence-corrected chi connectivity index (χ1v) is 8.05. The lowest BCUT2D eigenvalue weighted by molar-refractivity contribution is -0.118. The van der Waals surface area contributed by atoms with Gasteiger partial charge in [0, 0.05) is 18.5 Å². The summed E-state index contributed by atoms with van der Waals surface area (Å²) >= 11 is 0. The molecule has 20 heavy (non-hydrogen) atoms. The number of carbonyl (C=O) groups excluding carboxylic acids is 1. The molecule has 1 unspecified atom stereocenters. The normalized spacial score (nSPS) is 26.6. The van der Waals surface area contributed by atoms with Crippen LogP contribution in [0.3, 0.4) is 0 Å². The smallest absolute Gasteiger partial charge is 0.229 e. The van der Waals surface area contributed by atoms with Gasteiger partial charge in [-0.2, -0.15) is 5.10 Å². The van der Waals surface area contributed by atoms with E-state index in [1.54, 1.807) is 0 Å². The summed E-state index contributed by atoms with van der Waals surface area (Å²) in [4.78, 5) is 12.5. The van der Waals surface area contributed by atoms with Crippen LogP contribution in [-0.2, 0) is 24.7 Å². The van der Waals surface area contributed by atoms with Gasteiger partial charge in [0.25, 0.3) is 0 Å². The number of amides is 1. The Hall–Kier alpha value is -1.32. The van der Waals surface area contributed by atoms with Gasteiger partial charge in [0.1, 0.15) is 5.82 Å². The maximum Gasteiger partial charge on any atom is 0.229 e. The molecule has 1 aromatic heterocycles. The maximum atomic E-state index is 12.5. The Kier molecular flexibility index (Phi) is 2.69. The van der Waals surface area contributed by atoms with E-state index in [4.69, 9.17) is 0 Å². The van der Waals surface area contributed by atoms with Gasteiger partial charge in [0.15, 0.2) is 0 Å². The molecule has 1 heterocycles. The van der Waals surface area contributed by atoms with E-state index in [0.717, 1.165) is 25.1 Å². The minimum atomic E-state index is 0.240. The van der Waals surface area contributed by atoms with Crippen LogP contribution >= 0.6 is 0 Å². The zero-order valence-electron chi connectivity index (χ0n) is 12.2. The molecule has 1 aromatic rings. The highest BCUT2D eigenvalue weighted by atomic mass is 16.2. The second kappa shape index (κ2) is 4.34. The Labute approximate surface area is 119 Å². The first-order valence-electron chi connectivity index (χ1n) is 8.05. The Bertz CT molecular complexity index is 554. The van der Waals surface area contributed by atoms with Crippen molar-refractivity contribution in [1.82, 2.24) is 9.78 Å². The summed E-state index contributed by atoms with van der Waals surface area (Å²) in [7, 11) is 1.94. The largest absolute Gasteiger partial charge is 0.310 e. The topological polar surface area (TPSA) is 46.9 Å². The minimum absolute atomic E-state index is 0.240. The predicted molar refractivity (Wildman–Crippen MR) is 77.5 cm³/mol. The minimum Gasteiger partial charge on any atom is -0.310 e. The fourth-order valence-corrected chi connectivity index (χ4v) is 4.41. The molecule has 3 aliphatic rings. The quantitative estimate of drug-likeness (QED) is 0.900. The van der Waals surface area contributed by atoms with Crippen molar-refractivity contribution in [3.05, 3.63) is 11.3 Å². The Morgan fingerprint density at radius 2 is 2.05 bits per heavy atom. The highest BCUT2D eigenvalue weighted by Crippen LogP contribution is 2.61. The van der Waals surface area contributed by atoms with Crippen molar-refractivity contribution in [2.75, 3.05) is 5.32 Å². The number of carbonyl (C=O) groups is 1. The number of anilines is 1. The number of aryl methyl sites for hydroxylation is 2. The molecule has 0 radical (unpaired) electrons. The third-order valence-corrected chi connectivity index (χ3v) is 5.67. The van der Waals surface area contributed by atoms with Gasteiger partial charge in [0.05, 0.1) is 5.69 Å². The van der Waals surface area contributed by atoms with Gasteiger partial charge < -0.3 is 5.32 Å². The SMILES string of the molecule is Cn1nc2c(c1NC(=O)C1CC13CCCCC3)CCC2. The summed E-state index contributed by atoms with van der Waals surface area (Å²) in [6, 6.07) is 0. The molecule has 1 atom stereocenters. The van der Waals surface area contributed by atoms with E-state index in [2.05, 4.69) is 10.4 Å². The lowest BCUT2D eigenvalue weighted by atomic mass is 9.84. The Balaban J connectivity index is 1.49. The highest BCUT2D eigenvalue weighted by molar-refractivity contribution is 5.95. The van der Waals surface area contributed by atoms with Gasteiger partial charge in [-0.25, -0.2) is 0 Å². The van der Waals surface area contributed by atoms with Crippen LogP contribution in [0.4, 0.5) is 5.82 Å². The fraction of sp³-hybridized carbons (Fsp3) is 0.750. The van der Waals surface area contributed by atoms with E-state index in [-0.39, 0.29) is 11.8 Å².